The van der Waals surface area contributed by atoms with Gasteiger partial charge in [-0.3, -0.25) is 4.79 Å². The van der Waals surface area contributed by atoms with E-state index in [9.17, 15) is 4.79 Å². The molecule has 0 aliphatic heterocycles. The minimum absolute atomic E-state index is 0.0500. The highest BCUT2D eigenvalue weighted by Crippen LogP contribution is 2.15. The minimum Gasteiger partial charge on any atom is -0.352 e. The number of carbonyl (C=O) groups excluding carboxylic acids is 1. The molecule has 1 amide bonds. The van der Waals surface area contributed by atoms with E-state index in [4.69, 9.17) is 0 Å². The first-order valence-electron chi connectivity index (χ1n) is 7.03. The molecule has 0 spiro atoms. The van der Waals surface area contributed by atoms with Crippen LogP contribution in [0, 0.1) is 0 Å². The SMILES string of the molecule is CCCCCCNC(=O)c1cccc(C(C)C)c1. The molecule has 2 heteroatoms. The van der Waals surface area contributed by atoms with Gasteiger partial charge in [-0.15, -0.1) is 0 Å². The van der Waals surface area contributed by atoms with Gasteiger partial charge in [-0.1, -0.05) is 52.2 Å². The van der Waals surface area contributed by atoms with Crippen LogP contribution in [0.3, 0.4) is 0 Å². The molecule has 0 saturated carbocycles. The number of hydrogen-bond acceptors (Lipinski definition) is 1. The quantitative estimate of drug-likeness (QED) is 0.721. The van der Waals surface area contributed by atoms with E-state index in [1.54, 1.807) is 0 Å². The van der Waals surface area contributed by atoms with Crippen LogP contribution in [0.15, 0.2) is 24.3 Å². The fraction of sp³-hybridized carbons (Fsp3) is 0.562. The molecular formula is C16H25NO. The van der Waals surface area contributed by atoms with Crippen molar-refractivity contribution >= 4 is 5.91 Å². The van der Waals surface area contributed by atoms with Crippen LogP contribution in [-0.2, 0) is 0 Å². The van der Waals surface area contributed by atoms with Crippen LogP contribution in [-0.4, -0.2) is 12.5 Å². The molecule has 18 heavy (non-hydrogen) atoms. The maximum atomic E-state index is 11.9. The topological polar surface area (TPSA) is 29.1 Å². The molecule has 100 valence electrons. The van der Waals surface area contributed by atoms with Crippen molar-refractivity contribution < 1.29 is 4.79 Å². The molecule has 1 rings (SSSR count). The molecule has 0 fully saturated rings. The summed E-state index contributed by atoms with van der Waals surface area (Å²) in [5.74, 6) is 0.510. The Morgan fingerprint density at radius 2 is 2.00 bits per heavy atom. The van der Waals surface area contributed by atoms with Crippen molar-refractivity contribution in [3.63, 3.8) is 0 Å². The summed E-state index contributed by atoms with van der Waals surface area (Å²) < 4.78 is 0. The summed E-state index contributed by atoms with van der Waals surface area (Å²) in [6.45, 7) is 7.25. The van der Waals surface area contributed by atoms with Crippen molar-refractivity contribution in [2.75, 3.05) is 6.54 Å². The average Bonchev–Trinajstić information content (AvgIpc) is 2.38. The molecule has 0 bridgehead atoms. The zero-order valence-corrected chi connectivity index (χ0v) is 11.8. The number of unbranched alkanes of at least 4 members (excludes halogenated alkanes) is 3. The Hall–Kier alpha value is -1.31. The van der Waals surface area contributed by atoms with Crippen molar-refractivity contribution in [1.82, 2.24) is 5.32 Å². The van der Waals surface area contributed by atoms with E-state index in [-0.39, 0.29) is 5.91 Å². The van der Waals surface area contributed by atoms with Crippen molar-refractivity contribution in [1.29, 1.82) is 0 Å². The lowest BCUT2D eigenvalue weighted by atomic mass is 10.0. The second kappa shape index (κ2) is 7.91. The maximum absolute atomic E-state index is 11.9. The first-order valence-corrected chi connectivity index (χ1v) is 7.03. The van der Waals surface area contributed by atoms with Crippen LogP contribution in [0.4, 0.5) is 0 Å². The summed E-state index contributed by atoms with van der Waals surface area (Å²) in [6, 6.07) is 7.91. The van der Waals surface area contributed by atoms with E-state index >= 15 is 0 Å². The molecule has 0 aliphatic rings. The van der Waals surface area contributed by atoms with E-state index < -0.39 is 0 Å². The smallest absolute Gasteiger partial charge is 0.251 e. The number of hydrogen-bond donors (Lipinski definition) is 1. The minimum atomic E-state index is 0.0500. The van der Waals surface area contributed by atoms with Crippen LogP contribution in [0.5, 0.6) is 0 Å². The van der Waals surface area contributed by atoms with Crippen LogP contribution in [0.1, 0.15) is 68.3 Å². The highest BCUT2D eigenvalue weighted by Gasteiger charge is 2.06. The van der Waals surface area contributed by atoms with Crippen molar-refractivity contribution in [2.24, 2.45) is 0 Å². The lowest BCUT2D eigenvalue weighted by molar-refractivity contribution is 0.0953. The van der Waals surface area contributed by atoms with E-state index in [1.807, 2.05) is 18.2 Å². The fourth-order valence-corrected chi connectivity index (χ4v) is 1.89. The lowest BCUT2D eigenvalue weighted by Gasteiger charge is -2.08. The van der Waals surface area contributed by atoms with Crippen LogP contribution in [0.25, 0.3) is 0 Å². The molecule has 0 unspecified atom stereocenters. The number of nitrogens with one attached hydrogen (secondary N) is 1. The summed E-state index contributed by atoms with van der Waals surface area (Å²) in [6.07, 6.45) is 4.75. The third-order valence-corrected chi connectivity index (χ3v) is 3.13. The predicted molar refractivity (Wildman–Crippen MR) is 77.0 cm³/mol. The van der Waals surface area contributed by atoms with Gasteiger partial charge >= 0.3 is 0 Å². The molecule has 1 N–H and O–H groups in total. The normalized spacial score (nSPS) is 10.7. The van der Waals surface area contributed by atoms with Gasteiger partial charge in [-0.25, -0.2) is 0 Å². The summed E-state index contributed by atoms with van der Waals surface area (Å²) >= 11 is 0. The summed E-state index contributed by atoms with van der Waals surface area (Å²) in [5, 5.41) is 2.99. The van der Waals surface area contributed by atoms with Gasteiger partial charge < -0.3 is 5.32 Å². The first kappa shape index (κ1) is 14.7. The van der Waals surface area contributed by atoms with Gasteiger partial charge in [-0.05, 0) is 30.0 Å². The van der Waals surface area contributed by atoms with E-state index in [0.29, 0.717) is 5.92 Å². The van der Waals surface area contributed by atoms with Gasteiger partial charge in [0.25, 0.3) is 5.91 Å². The summed E-state index contributed by atoms with van der Waals surface area (Å²) in [4.78, 5) is 11.9. The molecule has 0 aromatic heterocycles. The first-order chi connectivity index (χ1) is 8.65. The van der Waals surface area contributed by atoms with Crippen molar-refractivity contribution in [3.05, 3.63) is 35.4 Å². The molecule has 2 nitrogen and oxygen atoms in total. The monoisotopic (exact) mass is 247 g/mol. The Morgan fingerprint density at radius 3 is 2.67 bits per heavy atom. The van der Waals surface area contributed by atoms with Crippen LogP contribution < -0.4 is 5.32 Å². The molecule has 0 aliphatic carbocycles. The van der Waals surface area contributed by atoms with E-state index in [0.717, 1.165) is 18.5 Å². The number of amides is 1. The third kappa shape index (κ3) is 4.91. The van der Waals surface area contributed by atoms with Crippen LogP contribution >= 0.6 is 0 Å². The highest BCUT2D eigenvalue weighted by atomic mass is 16.1. The second-order valence-electron chi connectivity index (χ2n) is 5.10. The van der Waals surface area contributed by atoms with Gasteiger partial charge in [-0.2, -0.15) is 0 Å². The Bertz CT molecular complexity index is 371. The van der Waals surface area contributed by atoms with Gasteiger partial charge in [0.05, 0.1) is 0 Å². The second-order valence-corrected chi connectivity index (χ2v) is 5.10. The van der Waals surface area contributed by atoms with Crippen molar-refractivity contribution in [2.45, 2.75) is 52.4 Å². The summed E-state index contributed by atoms with van der Waals surface area (Å²) in [5.41, 5.74) is 1.99. The third-order valence-electron chi connectivity index (χ3n) is 3.13. The Kier molecular flexibility index (Phi) is 6.48. The van der Waals surface area contributed by atoms with E-state index in [2.05, 4.69) is 32.2 Å². The average molecular weight is 247 g/mol. The molecular weight excluding hydrogens is 222 g/mol. The highest BCUT2D eigenvalue weighted by molar-refractivity contribution is 5.94. The Morgan fingerprint density at radius 1 is 1.22 bits per heavy atom. The molecule has 0 heterocycles. The number of rotatable bonds is 7. The van der Waals surface area contributed by atoms with Gasteiger partial charge in [0.1, 0.15) is 0 Å². The molecule has 0 atom stereocenters. The fourth-order valence-electron chi connectivity index (χ4n) is 1.89. The van der Waals surface area contributed by atoms with Crippen LogP contribution in [0.2, 0.25) is 0 Å². The summed E-state index contributed by atoms with van der Waals surface area (Å²) in [7, 11) is 0. The van der Waals surface area contributed by atoms with Gasteiger partial charge in [0.15, 0.2) is 0 Å². The lowest BCUT2D eigenvalue weighted by Crippen LogP contribution is -2.24. The van der Waals surface area contributed by atoms with Gasteiger partial charge in [0.2, 0.25) is 0 Å². The van der Waals surface area contributed by atoms with E-state index in [1.165, 1.54) is 24.8 Å². The number of benzene rings is 1. The largest absolute Gasteiger partial charge is 0.352 e. The standard InChI is InChI=1S/C16H25NO/c1-4-5-6-7-11-17-16(18)15-10-8-9-14(12-15)13(2)3/h8-10,12-13H,4-7,11H2,1-3H3,(H,17,18). The Balaban J connectivity index is 2.44. The maximum Gasteiger partial charge on any atom is 0.251 e. The van der Waals surface area contributed by atoms with Gasteiger partial charge in [0, 0.05) is 12.1 Å². The van der Waals surface area contributed by atoms with Crippen molar-refractivity contribution in [3.8, 4) is 0 Å². The molecule has 0 saturated heterocycles. The molecule has 1 aromatic carbocycles. The zero-order valence-electron chi connectivity index (χ0n) is 11.8. The molecule has 1 aromatic rings. The number of carbonyl (C=O) groups is 1. The predicted octanol–water partition coefficient (Wildman–Crippen LogP) is 4.12. The zero-order chi connectivity index (χ0) is 13.4. The Labute approximate surface area is 111 Å². The molecule has 0 radical (unpaired) electrons.